The van der Waals surface area contributed by atoms with Crippen LogP contribution in [0.3, 0.4) is 0 Å². The molecule has 1 aromatic rings. The van der Waals surface area contributed by atoms with Crippen molar-refractivity contribution in [1.29, 1.82) is 0 Å². The number of aromatic hydroxyl groups is 2. The molecule has 0 bridgehead atoms. The quantitative estimate of drug-likeness (QED) is 0.643. The van der Waals surface area contributed by atoms with Crippen molar-refractivity contribution in [2.45, 2.75) is 26.3 Å². The van der Waals surface area contributed by atoms with Crippen LogP contribution in [-0.4, -0.2) is 33.2 Å². The van der Waals surface area contributed by atoms with Gasteiger partial charge in [0.15, 0.2) is 0 Å². The van der Waals surface area contributed by atoms with Crippen molar-refractivity contribution in [3.05, 3.63) is 23.8 Å². The molecule has 6 nitrogen and oxygen atoms in total. The molecular weight excluding hydrogens is 250 g/mol. The van der Waals surface area contributed by atoms with Crippen LogP contribution in [0.2, 0.25) is 0 Å². The minimum atomic E-state index is -1.12. The smallest absolute Gasteiger partial charge is 0.326 e. The number of nitrogens with one attached hydrogen (secondary N) is 1. The molecule has 0 saturated heterocycles. The van der Waals surface area contributed by atoms with E-state index in [0.717, 1.165) is 6.07 Å². The number of rotatable bonds is 5. The van der Waals surface area contributed by atoms with Gasteiger partial charge in [0.05, 0.1) is 5.56 Å². The first-order valence-electron chi connectivity index (χ1n) is 5.92. The molecule has 2 unspecified atom stereocenters. The highest BCUT2D eigenvalue weighted by molar-refractivity contribution is 5.99. The fourth-order valence-electron chi connectivity index (χ4n) is 1.61. The maximum Gasteiger partial charge on any atom is 0.326 e. The van der Waals surface area contributed by atoms with Crippen LogP contribution in [0.4, 0.5) is 0 Å². The van der Waals surface area contributed by atoms with Crippen LogP contribution in [0.1, 0.15) is 30.6 Å². The monoisotopic (exact) mass is 267 g/mol. The molecular formula is C13H17NO5. The highest BCUT2D eigenvalue weighted by Gasteiger charge is 2.26. The highest BCUT2D eigenvalue weighted by Crippen LogP contribution is 2.22. The van der Waals surface area contributed by atoms with Gasteiger partial charge in [0, 0.05) is 6.07 Å². The summed E-state index contributed by atoms with van der Waals surface area (Å²) in [6, 6.07) is 2.47. The Morgan fingerprint density at radius 2 is 1.95 bits per heavy atom. The Bertz CT molecular complexity index is 486. The molecule has 0 spiro atoms. The molecule has 1 aromatic carbocycles. The van der Waals surface area contributed by atoms with Gasteiger partial charge < -0.3 is 20.6 Å². The predicted octanol–water partition coefficient (Wildman–Crippen LogP) is 1.33. The van der Waals surface area contributed by atoms with Gasteiger partial charge in [0.25, 0.3) is 5.91 Å². The molecule has 4 N–H and O–H groups in total. The zero-order valence-electron chi connectivity index (χ0n) is 10.8. The zero-order valence-corrected chi connectivity index (χ0v) is 10.8. The SMILES string of the molecule is CCC(C)C(NC(=O)c1ccc(O)cc1O)C(=O)O. The summed E-state index contributed by atoms with van der Waals surface area (Å²) in [5, 5.41) is 30.1. The normalized spacial score (nSPS) is 13.6. The lowest BCUT2D eigenvalue weighted by Gasteiger charge is -2.20. The summed E-state index contributed by atoms with van der Waals surface area (Å²) in [6.45, 7) is 3.54. The molecule has 0 aliphatic rings. The lowest BCUT2D eigenvalue weighted by atomic mass is 9.99. The number of phenols is 2. The highest BCUT2D eigenvalue weighted by atomic mass is 16.4. The topological polar surface area (TPSA) is 107 Å². The van der Waals surface area contributed by atoms with Crippen LogP contribution in [0.15, 0.2) is 18.2 Å². The van der Waals surface area contributed by atoms with E-state index >= 15 is 0 Å². The number of hydrogen-bond donors (Lipinski definition) is 4. The van der Waals surface area contributed by atoms with Crippen LogP contribution in [-0.2, 0) is 4.79 Å². The molecule has 19 heavy (non-hydrogen) atoms. The lowest BCUT2D eigenvalue weighted by molar-refractivity contribution is -0.140. The summed E-state index contributed by atoms with van der Waals surface area (Å²) in [7, 11) is 0. The van der Waals surface area contributed by atoms with Crippen molar-refractivity contribution >= 4 is 11.9 Å². The summed E-state index contributed by atoms with van der Waals surface area (Å²) in [4.78, 5) is 23.0. The minimum absolute atomic E-state index is 0.0765. The summed E-state index contributed by atoms with van der Waals surface area (Å²) in [5.74, 6) is -2.62. The summed E-state index contributed by atoms with van der Waals surface area (Å²) in [5.41, 5.74) is -0.0765. The maximum absolute atomic E-state index is 11.9. The van der Waals surface area contributed by atoms with Gasteiger partial charge in [0.1, 0.15) is 17.5 Å². The van der Waals surface area contributed by atoms with Crippen LogP contribution in [0.5, 0.6) is 11.5 Å². The minimum Gasteiger partial charge on any atom is -0.508 e. The van der Waals surface area contributed by atoms with E-state index < -0.39 is 23.7 Å². The van der Waals surface area contributed by atoms with Crippen LogP contribution in [0, 0.1) is 5.92 Å². The first-order valence-corrected chi connectivity index (χ1v) is 5.92. The number of benzene rings is 1. The van der Waals surface area contributed by atoms with E-state index in [9.17, 15) is 14.7 Å². The average molecular weight is 267 g/mol. The summed E-state index contributed by atoms with van der Waals surface area (Å²) in [6.07, 6.45) is 0.596. The molecule has 0 radical (unpaired) electrons. The van der Waals surface area contributed by atoms with Gasteiger partial charge in [-0.2, -0.15) is 0 Å². The van der Waals surface area contributed by atoms with E-state index in [4.69, 9.17) is 10.2 Å². The van der Waals surface area contributed by atoms with Crippen LogP contribution < -0.4 is 5.32 Å². The molecule has 104 valence electrons. The fraction of sp³-hybridized carbons (Fsp3) is 0.385. The maximum atomic E-state index is 11.9. The van der Waals surface area contributed by atoms with Crippen molar-refractivity contribution in [3.63, 3.8) is 0 Å². The zero-order chi connectivity index (χ0) is 14.6. The Balaban J connectivity index is 2.91. The van der Waals surface area contributed by atoms with Crippen molar-refractivity contribution in [1.82, 2.24) is 5.32 Å². The van der Waals surface area contributed by atoms with Gasteiger partial charge >= 0.3 is 5.97 Å². The second-order valence-electron chi connectivity index (χ2n) is 4.38. The van der Waals surface area contributed by atoms with E-state index in [1.807, 2.05) is 6.92 Å². The molecule has 1 rings (SSSR count). The third-order valence-electron chi connectivity index (χ3n) is 2.99. The fourth-order valence-corrected chi connectivity index (χ4v) is 1.61. The lowest BCUT2D eigenvalue weighted by Crippen LogP contribution is -2.45. The van der Waals surface area contributed by atoms with Crippen LogP contribution >= 0.6 is 0 Å². The molecule has 0 saturated carbocycles. The number of carbonyl (C=O) groups excluding carboxylic acids is 1. The Morgan fingerprint density at radius 3 is 2.42 bits per heavy atom. The molecule has 0 fully saturated rings. The molecule has 6 heteroatoms. The van der Waals surface area contributed by atoms with E-state index in [1.165, 1.54) is 12.1 Å². The summed E-state index contributed by atoms with van der Waals surface area (Å²) >= 11 is 0. The molecule has 0 aliphatic heterocycles. The molecule has 2 atom stereocenters. The summed E-state index contributed by atoms with van der Waals surface area (Å²) < 4.78 is 0. The predicted molar refractivity (Wildman–Crippen MR) is 68.1 cm³/mol. The third-order valence-corrected chi connectivity index (χ3v) is 2.99. The average Bonchev–Trinajstić information content (AvgIpc) is 2.34. The number of carbonyl (C=O) groups is 2. The van der Waals surface area contributed by atoms with Crippen molar-refractivity contribution in [3.8, 4) is 11.5 Å². The number of aliphatic carboxylic acids is 1. The number of phenolic OH excluding ortho intramolecular Hbond substituents is 2. The molecule has 0 aliphatic carbocycles. The van der Waals surface area contributed by atoms with E-state index in [0.29, 0.717) is 6.42 Å². The number of carboxylic acid groups (broad SMARTS) is 1. The Morgan fingerprint density at radius 1 is 1.32 bits per heavy atom. The van der Waals surface area contributed by atoms with Gasteiger partial charge in [-0.05, 0) is 18.1 Å². The van der Waals surface area contributed by atoms with E-state index in [2.05, 4.69) is 5.32 Å². The Kier molecular flexibility index (Phi) is 4.74. The number of hydrogen-bond acceptors (Lipinski definition) is 4. The van der Waals surface area contributed by atoms with Crippen molar-refractivity contribution in [2.24, 2.45) is 5.92 Å². The standard InChI is InChI=1S/C13H17NO5/c1-3-7(2)11(13(18)19)14-12(17)9-5-4-8(15)6-10(9)16/h4-7,11,15-16H,3H2,1-2H3,(H,14,17)(H,18,19). The first-order chi connectivity index (χ1) is 8.86. The van der Waals surface area contributed by atoms with Crippen LogP contribution in [0.25, 0.3) is 0 Å². The number of amides is 1. The third kappa shape index (κ3) is 3.61. The van der Waals surface area contributed by atoms with E-state index in [-0.39, 0.29) is 17.2 Å². The Hall–Kier alpha value is -2.24. The molecule has 0 heterocycles. The second kappa shape index (κ2) is 6.08. The number of carboxylic acids is 1. The molecule has 0 aromatic heterocycles. The molecule has 1 amide bonds. The Labute approximate surface area is 110 Å². The van der Waals surface area contributed by atoms with Gasteiger partial charge in [0.2, 0.25) is 0 Å². The van der Waals surface area contributed by atoms with Crippen molar-refractivity contribution < 1.29 is 24.9 Å². The second-order valence-corrected chi connectivity index (χ2v) is 4.38. The van der Waals surface area contributed by atoms with Gasteiger partial charge in [-0.15, -0.1) is 0 Å². The van der Waals surface area contributed by atoms with Gasteiger partial charge in [-0.25, -0.2) is 4.79 Å². The van der Waals surface area contributed by atoms with Gasteiger partial charge in [-0.3, -0.25) is 4.79 Å². The first kappa shape index (κ1) is 14.8. The van der Waals surface area contributed by atoms with Crippen molar-refractivity contribution in [2.75, 3.05) is 0 Å². The van der Waals surface area contributed by atoms with E-state index in [1.54, 1.807) is 6.92 Å². The largest absolute Gasteiger partial charge is 0.508 e. The van der Waals surface area contributed by atoms with Gasteiger partial charge in [-0.1, -0.05) is 20.3 Å².